The number of azide groups is 1. The number of fused-ring (bicyclic) bond motifs is 1. The van der Waals surface area contributed by atoms with E-state index in [0.717, 1.165) is 64.1 Å². The van der Waals surface area contributed by atoms with Crippen LogP contribution in [0.3, 0.4) is 0 Å². The molecule has 0 aromatic heterocycles. The first-order valence-corrected chi connectivity index (χ1v) is 15.2. The quantitative estimate of drug-likeness (QED) is 0.313. The molecular weight excluding hydrogens is 508 g/mol. The Morgan fingerprint density at radius 3 is 2.38 bits per heavy atom. The summed E-state index contributed by atoms with van der Waals surface area (Å²) in [5, 5.41) is 6.86. The maximum Gasteiger partial charge on any atom is 0.251 e. The number of hydrogen-bond acceptors (Lipinski definition) is 6. The van der Waals surface area contributed by atoms with Gasteiger partial charge in [-0.3, -0.25) is 14.4 Å². The summed E-state index contributed by atoms with van der Waals surface area (Å²) in [6.45, 7) is 2.32. The van der Waals surface area contributed by atoms with Crippen molar-refractivity contribution in [3.8, 4) is 0 Å². The van der Waals surface area contributed by atoms with E-state index < -0.39 is 24.2 Å². The van der Waals surface area contributed by atoms with Crippen LogP contribution >= 0.6 is 0 Å². The second kappa shape index (κ2) is 11.9. The lowest BCUT2D eigenvalue weighted by molar-refractivity contribution is -0.139. The van der Waals surface area contributed by atoms with E-state index in [-0.39, 0.29) is 36.7 Å². The maximum atomic E-state index is 14.0. The van der Waals surface area contributed by atoms with Crippen LogP contribution in [-0.2, 0) is 14.3 Å². The SMILES string of the molecule is [N-]=[N+]=N[C@@H]1CN(C(=O)[C@@H](NC(=O)c2ccc(C3CCN(C4CCC4)CC3)cc2)C2CCCCC2)[C@@H]2C(=O)CO[C@@H]21. The Labute approximate surface area is 235 Å². The molecule has 0 bridgehead atoms. The summed E-state index contributed by atoms with van der Waals surface area (Å²) < 4.78 is 5.60. The number of likely N-dealkylation sites (tertiary alicyclic amines) is 2. The predicted molar refractivity (Wildman–Crippen MR) is 149 cm³/mol. The first kappa shape index (κ1) is 27.2. The van der Waals surface area contributed by atoms with Gasteiger partial charge in [-0.1, -0.05) is 42.9 Å². The van der Waals surface area contributed by atoms with Crippen LogP contribution in [0.5, 0.6) is 0 Å². The number of carbonyl (C=O) groups excluding carboxylic acids is 3. The fourth-order valence-electron chi connectivity index (χ4n) is 7.53. The molecule has 0 radical (unpaired) electrons. The molecule has 0 spiro atoms. The second-order valence-corrected chi connectivity index (χ2v) is 12.3. The number of ether oxygens (including phenoxy) is 1. The van der Waals surface area contributed by atoms with Gasteiger partial charge in [0.25, 0.3) is 5.91 Å². The summed E-state index contributed by atoms with van der Waals surface area (Å²) in [5.41, 5.74) is 10.8. The summed E-state index contributed by atoms with van der Waals surface area (Å²) >= 11 is 0. The fourth-order valence-corrected chi connectivity index (χ4v) is 7.53. The number of Topliss-reactive ketones (excluding diaryl/α,β-unsaturated/α-hetero) is 1. The van der Waals surface area contributed by atoms with E-state index in [1.807, 2.05) is 12.1 Å². The summed E-state index contributed by atoms with van der Waals surface area (Å²) in [4.78, 5) is 47.1. The minimum Gasteiger partial charge on any atom is -0.367 e. The van der Waals surface area contributed by atoms with Crippen LogP contribution in [0.4, 0.5) is 0 Å². The Morgan fingerprint density at radius 1 is 1.00 bits per heavy atom. The lowest BCUT2D eigenvalue weighted by Crippen LogP contribution is -2.55. The molecule has 0 unspecified atom stereocenters. The molecule has 214 valence electrons. The van der Waals surface area contributed by atoms with Crippen LogP contribution in [0.1, 0.15) is 86.0 Å². The summed E-state index contributed by atoms with van der Waals surface area (Å²) in [7, 11) is 0. The molecule has 2 aliphatic carbocycles. The minimum absolute atomic E-state index is 0.000262. The molecular formula is C30H40N6O4. The number of carbonyl (C=O) groups is 3. The van der Waals surface area contributed by atoms with Gasteiger partial charge in [-0.15, -0.1) is 0 Å². The Balaban J connectivity index is 1.14. The van der Waals surface area contributed by atoms with Crippen LogP contribution in [-0.4, -0.2) is 83.9 Å². The number of piperidine rings is 1. The molecule has 40 heavy (non-hydrogen) atoms. The lowest BCUT2D eigenvalue weighted by atomic mass is 9.83. The molecule has 1 N–H and O–H groups in total. The van der Waals surface area contributed by atoms with Crippen molar-refractivity contribution in [2.45, 2.75) is 100 Å². The van der Waals surface area contributed by atoms with Crippen molar-refractivity contribution in [3.05, 3.63) is 45.8 Å². The second-order valence-electron chi connectivity index (χ2n) is 12.3. The lowest BCUT2D eigenvalue weighted by Gasteiger charge is -2.42. The first-order valence-electron chi connectivity index (χ1n) is 15.2. The van der Waals surface area contributed by atoms with Gasteiger partial charge >= 0.3 is 0 Å². The maximum absolute atomic E-state index is 14.0. The first-order chi connectivity index (χ1) is 19.5. The van der Waals surface area contributed by atoms with Crippen LogP contribution in [0, 0.1) is 5.92 Å². The number of amides is 2. The highest BCUT2D eigenvalue weighted by Gasteiger charge is 2.53. The molecule has 1 aromatic carbocycles. The van der Waals surface area contributed by atoms with Crippen molar-refractivity contribution in [1.82, 2.24) is 15.1 Å². The van der Waals surface area contributed by atoms with Crippen LogP contribution in [0.2, 0.25) is 0 Å². The van der Waals surface area contributed by atoms with E-state index in [9.17, 15) is 14.4 Å². The Kier molecular flexibility index (Phi) is 8.10. The molecule has 1 aromatic rings. The highest BCUT2D eigenvalue weighted by atomic mass is 16.5. The molecule has 3 saturated heterocycles. The van der Waals surface area contributed by atoms with Crippen molar-refractivity contribution in [2.75, 3.05) is 26.2 Å². The smallest absolute Gasteiger partial charge is 0.251 e. The van der Waals surface area contributed by atoms with E-state index in [4.69, 9.17) is 10.3 Å². The van der Waals surface area contributed by atoms with Gasteiger partial charge in [0.1, 0.15) is 18.7 Å². The van der Waals surface area contributed by atoms with Crippen LogP contribution < -0.4 is 5.32 Å². The normalized spacial score (nSPS) is 28.9. The summed E-state index contributed by atoms with van der Waals surface area (Å²) in [6, 6.07) is 6.58. The number of nitrogens with zero attached hydrogens (tertiary/aromatic N) is 5. The van der Waals surface area contributed by atoms with Crippen molar-refractivity contribution in [3.63, 3.8) is 0 Å². The third-order valence-corrected chi connectivity index (χ3v) is 10.1. The average molecular weight is 549 g/mol. The molecule has 10 nitrogen and oxygen atoms in total. The number of nitrogens with one attached hydrogen (secondary N) is 1. The molecule has 4 atom stereocenters. The highest BCUT2D eigenvalue weighted by Crippen LogP contribution is 2.35. The zero-order chi connectivity index (χ0) is 27.6. The van der Waals surface area contributed by atoms with Gasteiger partial charge in [-0.25, -0.2) is 0 Å². The zero-order valence-electron chi connectivity index (χ0n) is 23.1. The molecule has 6 rings (SSSR count). The van der Waals surface area contributed by atoms with Crippen molar-refractivity contribution in [2.24, 2.45) is 11.0 Å². The van der Waals surface area contributed by atoms with Crippen molar-refractivity contribution < 1.29 is 19.1 Å². The Morgan fingerprint density at radius 2 is 1.73 bits per heavy atom. The van der Waals surface area contributed by atoms with E-state index in [1.54, 1.807) is 0 Å². The van der Waals surface area contributed by atoms with Gasteiger partial charge in [-0.05, 0) is 86.7 Å². The van der Waals surface area contributed by atoms with Gasteiger partial charge in [0.15, 0.2) is 5.78 Å². The van der Waals surface area contributed by atoms with Gasteiger partial charge < -0.3 is 19.9 Å². The molecule has 3 heterocycles. The van der Waals surface area contributed by atoms with Crippen LogP contribution in [0.25, 0.3) is 10.4 Å². The van der Waals surface area contributed by atoms with E-state index in [2.05, 4.69) is 32.4 Å². The van der Waals surface area contributed by atoms with Gasteiger partial charge in [0, 0.05) is 23.1 Å². The summed E-state index contributed by atoms with van der Waals surface area (Å²) in [5.74, 6) is -0.217. The minimum atomic E-state index is -0.763. The molecule has 5 aliphatic rings. The molecule has 10 heteroatoms. The molecule has 5 fully saturated rings. The Bertz CT molecular complexity index is 1150. The zero-order valence-corrected chi connectivity index (χ0v) is 23.1. The van der Waals surface area contributed by atoms with Crippen LogP contribution in [0.15, 0.2) is 29.4 Å². The van der Waals surface area contributed by atoms with E-state index in [0.29, 0.717) is 11.5 Å². The molecule has 3 aliphatic heterocycles. The monoisotopic (exact) mass is 548 g/mol. The molecule has 2 saturated carbocycles. The van der Waals surface area contributed by atoms with Gasteiger partial charge in [0.05, 0.1) is 12.1 Å². The standard InChI is InChI=1S/C30H40N6O4/c31-34-33-24-17-36(27-25(37)18-40-28(24)27)30(39)26(21-5-2-1-3-6-21)32-29(38)22-11-9-19(10-12-22)20-13-15-35(16-14-20)23-7-4-8-23/h9-12,20-21,23-24,26-28H,1-8,13-18H2,(H,32,38)/t24-,26+,27-,28-/m1/s1. The number of rotatable bonds is 7. The average Bonchev–Trinajstić information content (AvgIpc) is 3.52. The van der Waals surface area contributed by atoms with E-state index in [1.165, 1.54) is 29.7 Å². The molecule has 2 amide bonds. The van der Waals surface area contributed by atoms with Gasteiger partial charge in [-0.2, -0.15) is 0 Å². The largest absolute Gasteiger partial charge is 0.367 e. The fraction of sp³-hybridized carbons (Fsp3) is 0.700. The topological polar surface area (TPSA) is 128 Å². The number of hydrogen-bond donors (Lipinski definition) is 1. The van der Waals surface area contributed by atoms with Gasteiger partial charge in [0.2, 0.25) is 5.91 Å². The Hall–Kier alpha value is -2.94. The highest BCUT2D eigenvalue weighted by molar-refractivity contribution is 5.99. The number of ketones is 1. The van der Waals surface area contributed by atoms with Crippen molar-refractivity contribution in [1.29, 1.82) is 0 Å². The summed E-state index contributed by atoms with van der Waals surface area (Å²) in [6.07, 6.45) is 10.6. The third-order valence-electron chi connectivity index (χ3n) is 10.1. The predicted octanol–water partition coefficient (Wildman–Crippen LogP) is 3.95. The third kappa shape index (κ3) is 5.37. The van der Waals surface area contributed by atoms with E-state index >= 15 is 0 Å². The van der Waals surface area contributed by atoms with Crippen molar-refractivity contribution >= 4 is 17.6 Å². The number of benzene rings is 1.